The molecule has 0 bridgehead atoms. The molecule has 0 radical (unpaired) electrons. The lowest BCUT2D eigenvalue weighted by molar-refractivity contribution is -0.0246. The molecule has 0 spiro atoms. The van der Waals surface area contributed by atoms with Gasteiger partial charge in [0.25, 0.3) is 5.91 Å². The third kappa shape index (κ3) is 4.31. The number of fused-ring (bicyclic) bond motifs is 1. The molecule has 1 fully saturated rings. The van der Waals surface area contributed by atoms with E-state index in [2.05, 4.69) is 4.98 Å². The Labute approximate surface area is 190 Å². The lowest BCUT2D eigenvalue weighted by atomic mass is 10.1. The van der Waals surface area contributed by atoms with Gasteiger partial charge in [0.05, 0.1) is 30.1 Å². The van der Waals surface area contributed by atoms with Crippen LogP contribution in [-0.2, 0) is 4.74 Å². The molecule has 2 aromatic heterocycles. The van der Waals surface area contributed by atoms with Gasteiger partial charge in [-0.3, -0.25) is 14.6 Å². The highest BCUT2D eigenvalue weighted by molar-refractivity contribution is 5.98. The minimum Gasteiger partial charge on any atom is -0.368 e. The summed E-state index contributed by atoms with van der Waals surface area (Å²) in [5.74, 6) is -0.501. The Morgan fingerprint density at radius 3 is 2.61 bits per heavy atom. The Balaban J connectivity index is 1.35. The van der Waals surface area contributed by atoms with Crippen molar-refractivity contribution in [2.24, 2.45) is 5.73 Å². The van der Waals surface area contributed by atoms with Crippen molar-refractivity contribution in [1.82, 2.24) is 14.9 Å². The molecular weight excluding hydrogens is 416 g/mol. The van der Waals surface area contributed by atoms with E-state index in [1.54, 1.807) is 18.3 Å². The number of carbonyl (C=O) groups is 2. The van der Waals surface area contributed by atoms with Crippen molar-refractivity contribution < 1.29 is 14.3 Å². The van der Waals surface area contributed by atoms with Crippen LogP contribution >= 0.6 is 0 Å². The van der Waals surface area contributed by atoms with Crippen molar-refractivity contribution in [3.05, 3.63) is 95.8 Å². The molecule has 7 nitrogen and oxygen atoms in total. The molecule has 3 heterocycles. The Hall–Kier alpha value is -4.10. The van der Waals surface area contributed by atoms with Crippen LogP contribution in [0.1, 0.15) is 32.5 Å². The number of ether oxygens (including phenoxy) is 1. The summed E-state index contributed by atoms with van der Waals surface area (Å²) in [6.07, 6.45) is 1.42. The standard InChI is InChI=1S/C26H22N4O3/c27-25(31)18-8-6-17(7-9-18)22-4-1-5-23(29-22)24-16-30(13-14-33-24)26(32)20-10-11-21-19(15-20)3-2-12-28-21/h1-12,15,24H,13-14,16H2,(H2,27,31)/t24-/m0/s1. The fraction of sp³-hybridized carbons (Fsp3) is 0.154. The maximum atomic E-state index is 13.2. The van der Waals surface area contributed by atoms with Gasteiger partial charge in [0.1, 0.15) is 6.10 Å². The lowest BCUT2D eigenvalue weighted by Crippen LogP contribution is -2.42. The normalized spacial score (nSPS) is 16.0. The number of amides is 2. The van der Waals surface area contributed by atoms with Gasteiger partial charge < -0.3 is 15.4 Å². The van der Waals surface area contributed by atoms with Gasteiger partial charge in [-0.15, -0.1) is 0 Å². The maximum absolute atomic E-state index is 13.2. The van der Waals surface area contributed by atoms with E-state index in [-0.39, 0.29) is 12.0 Å². The Bertz CT molecular complexity index is 1340. The molecule has 33 heavy (non-hydrogen) atoms. The van der Waals surface area contributed by atoms with Gasteiger partial charge in [-0.1, -0.05) is 24.3 Å². The fourth-order valence-corrected chi connectivity index (χ4v) is 4.00. The van der Waals surface area contributed by atoms with Gasteiger partial charge in [-0.05, 0) is 48.5 Å². The number of primary amides is 1. The zero-order valence-electron chi connectivity index (χ0n) is 17.8. The first-order valence-corrected chi connectivity index (χ1v) is 10.7. The molecule has 2 N–H and O–H groups in total. The van der Waals surface area contributed by atoms with Crippen LogP contribution < -0.4 is 5.73 Å². The predicted molar refractivity (Wildman–Crippen MR) is 125 cm³/mol. The van der Waals surface area contributed by atoms with Crippen LogP contribution in [0.5, 0.6) is 0 Å². The minimum atomic E-state index is -0.466. The first kappa shape index (κ1) is 20.8. The molecule has 0 aliphatic carbocycles. The van der Waals surface area contributed by atoms with E-state index in [0.29, 0.717) is 30.8 Å². The van der Waals surface area contributed by atoms with Crippen LogP contribution in [0.3, 0.4) is 0 Å². The average molecular weight is 438 g/mol. The third-order valence-electron chi connectivity index (χ3n) is 5.77. The summed E-state index contributed by atoms with van der Waals surface area (Å²) in [4.78, 5) is 35.4. The summed E-state index contributed by atoms with van der Waals surface area (Å²) in [5.41, 5.74) is 9.65. The first-order valence-electron chi connectivity index (χ1n) is 10.7. The van der Waals surface area contributed by atoms with Gasteiger partial charge in [-0.2, -0.15) is 0 Å². The molecule has 1 aliphatic rings. The first-order chi connectivity index (χ1) is 16.1. The molecule has 164 valence electrons. The number of pyridine rings is 2. The Morgan fingerprint density at radius 1 is 0.970 bits per heavy atom. The maximum Gasteiger partial charge on any atom is 0.254 e. The topological polar surface area (TPSA) is 98.4 Å². The third-order valence-corrected chi connectivity index (χ3v) is 5.77. The van der Waals surface area contributed by atoms with E-state index in [1.165, 1.54) is 0 Å². The molecule has 1 atom stereocenters. The number of benzene rings is 2. The lowest BCUT2D eigenvalue weighted by Gasteiger charge is -2.33. The second-order valence-corrected chi connectivity index (χ2v) is 7.91. The monoisotopic (exact) mass is 438 g/mol. The van der Waals surface area contributed by atoms with Crippen molar-refractivity contribution in [3.63, 3.8) is 0 Å². The molecule has 1 saturated heterocycles. The molecular formula is C26H22N4O3. The van der Waals surface area contributed by atoms with Gasteiger partial charge >= 0.3 is 0 Å². The molecule has 2 amide bonds. The summed E-state index contributed by atoms with van der Waals surface area (Å²) < 4.78 is 5.96. The van der Waals surface area contributed by atoms with Crippen molar-refractivity contribution >= 4 is 22.7 Å². The molecule has 4 aromatic rings. The van der Waals surface area contributed by atoms with Crippen molar-refractivity contribution in [3.8, 4) is 11.3 Å². The molecule has 1 aliphatic heterocycles. The van der Waals surface area contributed by atoms with E-state index in [4.69, 9.17) is 15.5 Å². The Kier molecular flexibility index (Phi) is 5.54. The zero-order valence-corrected chi connectivity index (χ0v) is 17.8. The molecule has 0 unspecified atom stereocenters. The van der Waals surface area contributed by atoms with Crippen LogP contribution in [0.2, 0.25) is 0 Å². The molecule has 2 aromatic carbocycles. The van der Waals surface area contributed by atoms with E-state index >= 15 is 0 Å². The van der Waals surface area contributed by atoms with E-state index < -0.39 is 5.91 Å². The van der Waals surface area contributed by atoms with Crippen LogP contribution in [0, 0.1) is 0 Å². The smallest absolute Gasteiger partial charge is 0.254 e. The summed E-state index contributed by atoms with van der Waals surface area (Å²) in [7, 11) is 0. The number of hydrogen-bond donors (Lipinski definition) is 1. The highest BCUT2D eigenvalue weighted by Gasteiger charge is 2.27. The predicted octanol–water partition coefficient (Wildman–Crippen LogP) is 3.61. The number of rotatable bonds is 4. The number of hydrogen-bond acceptors (Lipinski definition) is 5. The van der Waals surface area contributed by atoms with Crippen molar-refractivity contribution in [2.45, 2.75) is 6.10 Å². The zero-order chi connectivity index (χ0) is 22.8. The van der Waals surface area contributed by atoms with Crippen molar-refractivity contribution in [2.75, 3.05) is 19.7 Å². The largest absolute Gasteiger partial charge is 0.368 e. The average Bonchev–Trinajstić information content (AvgIpc) is 2.88. The van der Waals surface area contributed by atoms with E-state index in [1.807, 2.05) is 65.6 Å². The second kappa shape index (κ2) is 8.80. The fourth-order valence-electron chi connectivity index (χ4n) is 4.00. The molecule has 7 heteroatoms. The minimum absolute atomic E-state index is 0.0350. The highest BCUT2D eigenvalue weighted by atomic mass is 16.5. The van der Waals surface area contributed by atoms with E-state index in [0.717, 1.165) is 27.9 Å². The number of nitrogens with zero attached hydrogens (tertiary/aromatic N) is 3. The number of carbonyl (C=O) groups excluding carboxylic acids is 2. The highest BCUT2D eigenvalue weighted by Crippen LogP contribution is 2.26. The molecule has 5 rings (SSSR count). The van der Waals surface area contributed by atoms with Crippen LogP contribution in [0.4, 0.5) is 0 Å². The van der Waals surface area contributed by atoms with Crippen molar-refractivity contribution in [1.29, 1.82) is 0 Å². The second-order valence-electron chi connectivity index (χ2n) is 7.91. The quantitative estimate of drug-likeness (QED) is 0.525. The Morgan fingerprint density at radius 2 is 1.79 bits per heavy atom. The summed E-state index contributed by atoms with van der Waals surface area (Å²) >= 11 is 0. The van der Waals surface area contributed by atoms with Crippen LogP contribution in [0.25, 0.3) is 22.2 Å². The SMILES string of the molecule is NC(=O)c1ccc(-c2cccc([C@@H]3CN(C(=O)c4ccc5ncccc5c4)CCO3)n2)cc1. The number of morpholine rings is 1. The number of aromatic nitrogens is 2. The van der Waals surface area contributed by atoms with Crippen LogP contribution in [0.15, 0.2) is 79.0 Å². The summed E-state index contributed by atoms with van der Waals surface area (Å²) in [6, 6.07) is 22.1. The van der Waals surface area contributed by atoms with Gasteiger partial charge in [0.2, 0.25) is 5.91 Å². The van der Waals surface area contributed by atoms with Gasteiger partial charge in [-0.25, -0.2) is 4.98 Å². The van der Waals surface area contributed by atoms with Gasteiger partial charge in [0.15, 0.2) is 0 Å². The van der Waals surface area contributed by atoms with Gasteiger partial charge in [0, 0.05) is 34.8 Å². The molecule has 0 saturated carbocycles. The van der Waals surface area contributed by atoms with Crippen LogP contribution in [-0.4, -0.2) is 46.4 Å². The van der Waals surface area contributed by atoms with E-state index in [9.17, 15) is 9.59 Å². The summed E-state index contributed by atoms with van der Waals surface area (Å²) in [6.45, 7) is 1.38. The summed E-state index contributed by atoms with van der Waals surface area (Å²) in [5, 5.41) is 0.935. The number of nitrogens with two attached hydrogens (primary N) is 1.